The molecule has 1 aromatic rings. The van der Waals surface area contributed by atoms with Crippen LogP contribution in [0.3, 0.4) is 0 Å². The van der Waals surface area contributed by atoms with Crippen molar-refractivity contribution in [3.8, 4) is 5.75 Å². The molecule has 4 heteroatoms. The van der Waals surface area contributed by atoms with Gasteiger partial charge >= 0.3 is 5.97 Å². The van der Waals surface area contributed by atoms with E-state index in [1.54, 1.807) is 25.3 Å². The zero-order valence-electron chi connectivity index (χ0n) is 8.73. The van der Waals surface area contributed by atoms with Gasteiger partial charge in [-0.2, -0.15) is 0 Å². The SMILES string of the molecule is CC(=CC(=O)O)COc1cccnc1C. The average molecular weight is 207 g/mol. The highest BCUT2D eigenvalue weighted by Gasteiger charge is 2.00. The van der Waals surface area contributed by atoms with Crippen LogP contribution in [0.4, 0.5) is 0 Å². The van der Waals surface area contributed by atoms with E-state index in [0.29, 0.717) is 11.3 Å². The van der Waals surface area contributed by atoms with Gasteiger partial charge in [-0.15, -0.1) is 0 Å². The molecule has 80 valence electrons. The molecule has 1 rings (SSSR count). The van der Waals surface area contributed by atoms with Gasteiger partial charge in [0.25, 0.3) is 0 Å². The van der Waals surface area contributed by atoms with E-state index >= 15 is 0 Å². The Hall–Kier alpha value is -1.84. The Morgan fingerprint density at radius 3 is 3.00 bits per heavy atom. The minimum atomic E-state index is -0.959. The third-order valence-electron chi connectivity index (χ3n) is 1.78. The minimum Gasteiger partial charge on any atom is -0.487 e. The Bertz CT molecular complexity index is 385. The fraction of sp³-hybridized carbons (Fsp3) is 0.273. The van der Waals surface area contributed by atoms with E-state index in [0.717, 1.165) is 11.8 Å². The first-order valence-corrected chi connectivity index (χ1v) is 4.54. The highest BCUT2D eigenvalue weighted by atomic mass is 16.5. The van der Waals surface area contributed by atoms with Gasteiger partial charge in [-0.3, -0.25) is 4.98 Å². The number of carboxylic acid groups (broad SMARTS) is 1. The summed E-state index contributed by atoms with van der Waals surface area (Å²) < 4.78 is 5.41. The van der Waals surface area contributed by atoms with E-state index in [9.17, 15) is 4.79 Å². The third-order valence-corrected chi connectivity index (χ3v) is 1.78. The summed E-state index contributed by atoms with van der Waals surface area (Å²) in [5, 5.41) is 8.49. The van der Waals surface area contributed by atoms with E-state index in [1.807, 2.05) is 6.92 Å². The number of ether oxygens (including phenoxy) is 1. The highest BCUT2D eigenvalue weighted by Crippen LogP contribution is 2.14. The molecule has 0 aromatic carbocycles. The molecular formula is C11H13NO3. The Morgan fingerprint density at radius 2 is 2.40 bits per heavy atom. The Balaban J connectivity index is 2.58. The quantitative estimate of drug-likeness (QED) is 0.765. The normalized spacial score (nSPS) is 11.2. The first-order valence-electron chi connectivity index (χ1n) is 4.54. The summed E-state index contributed by atoms with van der Waals surface area (Å²) in [6.45, 7) is 3.81. The van der Waals surface area contributed by atoms with Gasteiger partial charge in [0.15, 0.2) is 0 Å². The number of nitrogens with zero attached hydrogens (tertiary/aromatic N) is 1. The summed E-state index contributed by atoms with van der Waals surface area (Å²) in [5.41, 5.74) is 1.45. The monoisotopic (exact) mass is 207 g/mol. The largest absolute Gasteiger partial charge is 0.487 e. The average Bonchev–Trinajstić information content (AvgIpc) is 2.15. The predicted octanol–water partition coefficient (Wildman–Crippen LogP) is 1.80. The summed E-state index contributed by atoms with van der Waals surface area (Å²) >= 11 is 0. The van der Waals surface area contributed by atoms with E-state index in [-0.39, 0.29) is 6.61 Å². The maximum Gasteiger partial charge on any atom is 0.328 e. The second-order valence-electron chi connectivity index (χ2n) is 3.20. The van der Waals surface area contributed by atoms with Crippen LogP contribution in [-0.4, -0.2) is 22.7 Å². The second kappa shape index (κ2) is 5.14. The zero-order valence-corrected chi connectivity index (χ0v) is 8.73. The smallest absolute Gasteiger partial charge is 0.328 e. The topological polar surface area (TPSA) is 59.4 Å². The molecule has 0 aliphatic rings. The van der Waals surface area contributed by atoms with Crippen molar-refractivity contribution in [3.63, 3.8) is 0 Å². The second-order valence-corrected chi connectivity index (χ2v) is 3.20. The van der Waals surface area contributed by atoms with Gasteiger partial charge in [-0.25, -0.2) is 4.79 Å². The van der Waals surface area contributed by atoms with Gasteiger partial charge in [0.2, 0.25) is 0 Å². The molecule has 0 atom stereocenters. The summed E-state index contributed by atoms with van der Waals surface area (Å²) in [6.07, 6.45) is 2.81. The van der Waals surface area contributed by atoms with Crippen molar-refractivity contribution < 1.29 is 14.6 Å². The molecule has 0 spiro atoms. The van der Waals surface area contributed by atoms with Gasteiger partial charge in [0, 0.05) is 12.3 Å². The molecule has 0 amide bonds. The van der Waals surface area contributed by atoms with Gasteiger partial charge < -0.3 is 9.84 Å². The van der Waals surface area contributed by atoms with Crippen LogP contribution in [0.5, 0.6) is 5.75 Å². The molecule has 0 saturated heterocycles. The number of aliphatic carboxylic acids is 1. The number of hydrogen-bond acceptors (Lipinski definition) is 3. The number of carbonyl (C=O) groups is 1. The van der Waals surface area contributed by atoms with Crippen molar-refractivity contribution in [2.24, 2.45) is 0 Å². The molecule has 0 radical (unpaired) electrons. The van der Waals surface area contributed by atoms with E-state index in [2.05, 4.69) is 4.98 Å². The summed E-state index contributed by atoms with van der Waals surface area (Å²) in [4.78, 5) is 14.4. The van der Waals surface area contributed by atoms with Gasteiger partial charge in [0.1, 0.15) is 12.4 Å². The summed E-state index contributed by atoms with van der Waals surface area (Å²) in [7, 11) is 0. The standard InChI is InChI=1S/C11H13NO3/c1-8(6-11(13)14)7-15-10-4-3-5-12-9(10)2/h3-6H,7H2,1-2H3,(H,13,14). The third kappa shape index (κ3) is 3.81. The van der Waals surface area contributed by atoms with Crippen molar-refractivity contribution >= 4 is 5.97 Å². The molecule has 1 heterocycles. The lowest BCUT2D eigenvalue weighted by Crippen LogP contribution is -2.02. The molecule has 15 heavy (non-hydrogen) atoms. The fourth-order valence-corrected chi connectivity index (χ4v) is 1.07. The number of aryl methyl sites for hydroxylation is 1. The summed E-state index contributed by atoms with van der Waals surface area (Å²) in [6, 6.07) is 3.58. The van der Waals surface area contributed by atoms with E-state index in [4.69, 9.17) is 9.84 Å². The molecule has 0 aliphatic heterocycles. The van der Waals surface area contributed by atoms with Crippen molar-refractivity contribution in [2.45, 2.75) is 13.8 Å². The number of rotatable bonds is 4. The molecule has 1 N–H and O–H groups in total. The van der Waals surface area contributed by atoms with Crippen LogP contribution < -0.4 is 4.74 Å². The van der Waals surface area contributed by atoms with Crippen LogP contribution in [0.15, 0.2) is 30.0 Å². The van der Waals surface area contributed by atoms with Crippen molar-refractivity contribution in [1.29, 1.82) is 0 Å². The van der Waals surface area contributed by atoms with Gasteiger partial charge in [0.05, 0.1) is 5.69 Å². The van der Waals surface area contributed by atoms with E-state index < -0.39 is 5.97 Å². The minimum absolute atomic E-state index is 0.263. The van der Waals surface area contributed by atoms with Gasteiger partial charge in [-0.05, 0) is 31.6 Å². The highest BCUT2D eigenvalue weighted by molar-refractivity contribution is 5.80. The first kappa shape index (κ1) is 11.2. The molecule has 0 unspecified atom stereocenters. The summed E-state index contributed by atoms with van der Waals surface area (Å²) in [5.74, 6) is -0.283. The molecule has 0 fully saturated rings. The number of carboxylic acids is 1. The number of pyridine rings is 1. The van der Waals surface area contributed by atoms with Crippen LogP contribution in [0.25, 0.3) is 0 Å². The molecule has 0 aliphatic carbocycles. The number of hydrogen-bond donors (Lipinski definition) is 1. The van der Waals surface area contributed by atoms with E-state index in [1.165, 1.54) is 0 Å². The van der Waals surface area contributed by atoms with Crippen LogP contribution in [0.2, 0.25) is 0 Å². The fourth-order valence-electron chi connectivity index (χ4n) is 1.07. The van der Waals surface area contributed by atoms with Crippen LogP contribution >= 0.6 is 0 Å². The van der Waals surface area contributed by atoms with Crippen molar-refractivity contribution in [2.75, 3.05) is 6.61 Å². The maximum absolute atomic E-state index is 10.3. The van der Waals surface area contributed by atoms with Crippen molar-refractivity contribution in [1.82, 2.24) is 4.98 Å². The van der Waals surface area contributed by atoms with Gasteiger partial charge in [-0.1, -0.05) is 0 Å². The molecule has 4 nitrogen and oxygen atoms in total. The molecule has 1 aromatic heterocycles. The lowest BCUT2D eigenvalue weighted by molar-refractivity contribution is -0.131. The predicted molar refractivity (Wildman–Crippen MR) is 55.9 cm³/mol. The van der Waals surface area contributed by atoms with Crippen molar-refractivity contribution in [3.05, 3.63) is 35.7 Å². The Labute approximate surface area is 88.2 Å². The Kier molecular flexibility index (Phi) is 3.85. The Morgan fingerprint density at radius 1 is 1.67 bits per heavy atom. The zero-order chi connectivity index (χ0) is 11.3. The van der Waals surface area contributed by atoms with Crippen LogP contribution in [-0.2, 0) is 4.79 Å². The number of aromatic nitrogens is 1. The van der Waals surface area contributed by atoms with Crippen LogP contribution in [0.1, 0.15) is 12.6 Å². The molecule has 0 saturated carbocycles. The molecule has 0 bridgehead atoms. The first-order chi connectivity index (χ1) is 7.09. The lowest BCUT2D eigenvalue weighted by Gasteiger charge is -2.07. The van der Waals surface area contributed by atoms with Crippen LogP contribution in [0, 0.1) is 6.92 Å². The maximum atomic E-state index is 10.3. The lowest BCUT2D eigenvalue weighted by atomic mass is 10.3. The molecular weight excluding hydrogens is 194 g/mol.